The maximum Gasteiger partial charge on any atom is 0.118 e. The second-order valence-corrected chi connectivity index (χ2v) is 5.87. The fourth-order valence-electron chi connectivity index (χ4n) is 2.90. The molecule has 1 aromatic rings. The molecule has 1 heterocycles. The molecular formula is C17H28N2O. The molecule has 1 aromatic carbocycles. The van der Waals surface area contributed by atoms with Gasteiger partial charge in [0.2, 0.25) is 0 Å². The van der Waals surface area contributed by atoms with E-state index in [2.05, 4.69) is 29.4 Å². The van der Waals surface area contributed by atoms with Gasteiger partial charge in [0.25, 0.3) is 0 Å². The maximum atomic E-state index is 5.19. The number of rotatable bonds is 7. The summed E-state index contributed by atoms with van der Waals surface area (Å²) in [5.41, 5.74) is 1.35. The van der Waals surface area contributed by atoms with Gasteiger partial charge in [-0.15, -0.1) is 0 Å². The number of nitrogens with one attached hydrogen (secondary N) is 1. The molecule has 2 rings (SSSR count). The van der Waals surface area contributed by atoms with Crippen LogP contribution in [0.5, 0.6) is 5.75 Å². The van der Waals surface area contributed by atoms with Crippen LogP contribution in [-0.4, -0.2) is 38.2 Å². The minimum Gasteiger partial charge on any atom is -0.497 e. The van der Waals surface area contributed by atoms with Crippen LogP contribution >= 0.6 is 0 Å². The smallest absolute Gasteiger partial charge is 0.118 e. The highest BCUT2D eigenvalue weighted by molar-refractivity contribution is 5.26. The van der Waals surface area contributed by atoms with Gasteiger partial charge >= 0.3 is 0 Å². The van der Waals surface area contributed by atoms with Crippen molar-refractivity contribution in [2.45, 2.75) is 44.7 Å². The Bertz CT molecular complexity index is 371. The highest BCUT2D eigenvalue weighted by Crippen LogP contribution is 2.14. The van der Waals surface area contributed by atoms with E-state index in [0.29, 0.717) is 0 Å². The molecule has 1 unspecified atom stereocenters. The van der Waals surface area contributed by atoms with E-state index in [4.69, 9.17) is 4.74 Å². The first-order chi connectivity index (χ1) is 9.78. The van der Waals surface area contributed by atoms with Crippen molar-refractivity contribution in [2.75, 3.05) is 27.2 Å². The zero-order chi connectivity index (χ0) is 14.2. The van der Waals surface area contributed by atoms with E-state index in [-0.39, 0.29) is 0 Å². The minimum absolute atomic E-state index is 0.762. The molecule has 0 aliphatic carbocycles. The fourth-order valence-corrected chi connectivity index (χ4v) is 2.90. The summed E-state index contributed by atoms with van der Waals surface area (Å²) in [6.07, 6.45) is 6.71. The van der Waals surface area contributed by atoms with Crippen molar-refractivity contribution in [2.24, 2.45) is 0 Å². The van der Waals surface area contributed by atoms with E-state index >= 15 is 0 Å². The predicted octanol–water partition coefficient (Wildman–Crippen LogP) is 3.05. The van der Waals surface area contributed by atoms with Crippen LogP contribution in [0.25, 0.3) is 0 Å². The van der Waals surface area contributed by atoms with Gasteiger partial charge in [0.15, 0.2) is 0 Å². The molecular weight excluding hydrogens is 248 g/mol. The Morgan fingerprint density at radius 1 is 1.25 bits per heavy atom. The van der Waals surface area contributed by atoms with Crippen LogP contribution in [0.1, 0.15) is 37.7 Å². The molecule has 1 saturated heterocycles. The molecule has 0 bridgehead atoms. The molecule has 0 saturated carbocycles. The molecule has 1 aliphatic heterocycles. The normalized spacial score (nSPS) is 19.2. The van der Waals surface area contributed by atoms with Crippen LogP contribution in [0.15, 0.2) is 24.3 Å². The maximum absolute atomic E-state index is 5.19. The molecule has 1 fully saturated rings. The lowest BCUT2D eigenvalue weighted by Gasteiger charge is -2.24. The highest BCUT2D eigenvalue weighted by atomic mass is 16.5. The lowest BCUT2D eigenvalue weighted by molar-refractivity contribution is 0.297. The van der Waals surface area contributed by atoms with Crippen LogP contribution < -0.4 is 10.1 Å². The number of ether oxygens (including phenoxy) is 1. The Morgan fingerprint density at radius 3 is 2.70 bits per heavy atom. The average molecular weight is 276 g/mol. The van der Waals surface area contributed by atoms with Crippen molar-refractivity contribution in [3.05, 3.63) is 29.8 Å². The van der Waals surface area contributed by atoms with Gasteiger partial charge in [0.1, 0.15) is 5.75 Å². The summed E-state index contributed by atoms with van der Waals surface area (Å²) in [5.74, 6) is 0.930. The third-order valence-electron chi connectivity index (χ3n) is 4.12. The minimum atomic E-state index is 0.762. The largest absolute Gasteiger partial charge is 0.497 e. The molecule has 20 heavy (non-hydrogen) atoms. The quantitative estimate of drug-likeness (QED) is 0.828. The number of piperidine rings is 1. The molecule has 0 aromatic heterocycles. The van der Waals surface area contributed by atoms with E-state index in [1.54, 1.807) is 7.11 Å². The van der Waals surface area contributed by atoms with E-state index in [9.17, 15) is 0 Å². The second kappa shape index (κ2) is 8.28. The van der Waals surface area contributed by atoms with Gasteiger partial charge in [0, 0.05) is 12.6 Å². The van der Waals surface area contributed by atoms with E-state index < -0.39 is 0 Å². The average Bonchev–Trinajstić information content (AvgIpc) is 2.49. The van der Waals surface area contributed by atoms with Crippen molar-refractivity contribution in [1.82, 2.24) is 10.2 Å². The molecule has 112 valence electrons. The highest BCUT2D eigenvalue weighted by Gasteiger charge is 2.12. The number of methoxy groups -OCH3 is 1. The first-order valence-electron chi connectivity index (χ1n) is 7.83. The summed E-state index contributed by atoms with van der Waals surface area (Å²) in [4.78, 5) is 2.41. The van der Waals surface area contributed by atoms with E-state index in [1.807, 2.05) is 12.1 Å². The van der Waals surface area contributed by atoms with Crippen LogP contribution in [0, 0.1) is 0 Å². The first kappa shape index (κ1) is 15.3. The number of hydrogen-bond acceptors (Lipinski definition) is 3. The van der Waals surface area contributed by atoms with Crippen LogP contribution in [0.2, 0.25) is 0 Å². The summed E-state index contributed by atoms with van der Waals surface area (Å²) in [7, 11) is 3.92. The molecule has 0 radical (unpaired) electrons. The van der Waals surface area contributed by atoms with E-state index in [1.165, 1.54) is 50.8 Å². The Labute approximate surface area is 123 Å². The zero-order valence-electron chi connectivity index (χ0n) is 12.9. The van der Waals surface area contributed by atoms with Crippen molar-refractivity contribution < 1.29 is 4.74 Å². The third-order valence-corrected chi connectivity index (χ3v) is 4.12. The Kier molecular flexibility index (Phi) is 6.34. The topological polar surface area (TPSA) is 24.5 Å². The van der Waals surface area contributed by atoms with Gasteiger partial charge in [-0.1, -0.05) is 18.6 Å². The van der Waals surface area contributed by atoms with Crippen LogP contribution in [-0.2, 0) is 6.54 Å². The molecule has 3 nitrogen and oxygen atoms in total. The molecule has 0 spiro atoms. The monoisotopic (exact) mass is 276 g/mol. The lowest BCUT2D eigenvalue weighted by Crippen LogP contribution is -2.34. The predicted molar refractivity (Wildman–Crippen MR) is 84.2 cm³/mol. The zero-order valence-corrected chi connectivity index (χ0v) is 12.9. The Balaban J connectivity index is 1.65. The van der Waals surface area contributed by atoms with Crippen LogP contribution in [0.4, 0.5) is 0 Å². The van der Waals surface area contributed by atoms with Crippen molar-refractivity contribution in [3.63, 3.8) is 0 Å². The summed E-state index contributed by atoms with van der Waals surface area (Å²) >= 11 is 0. The molecule has 0 amide bonds. The van der Waals surface area contributed by atoms with Crippen molar-refractivity contribution >= 4 is 0 Å². The van der Waals surface area contributed by atoms with Gasteiger partial charge in [0.05, 0.1) is 7.11 Å². The Hall–Kier alpha value is -1.06. The van der Waals surface area contributed by atoms with Crippen LogP contribution in [0.3, 0.4) is 0 Å². The SMILES string of the molecule is COc1ccc(CN(C)CCCC2CCCCN2)cc1. The van der Waals surface area contributed by atoms with Gasteiger partial charge < -0.3 is 15.0 Å². The Morgan fingerprint density at radius 2 is 2.05 bits per heavy atom. The number of hydrogen-bond donors (Lipinski definition) is 1. The van der Waals surface area contributed by atoms with Crippen molar-refractivity contribution in [3.8, 4) is 5.75 Å². The van der Waals surface area contributed by atoms with Gasteiger partial charge in [-0.2, -0.15) is 0 Å². The molecule has 3 heteroatoms. The summed E-state index contributed by atoms with van der Waals surface area (Å²) < 4.78 is 5.19. The second-order valence-electron chi connectivity index (χ2n) is 5.87. The van der Waals surface area contributed by atoms with Gasteiger partial charge in [-0.25, -0.2) is 0 Å². The van der Waals surface area contributed by atoms with Crippen molar-refractivity contribution in [1.29, 1.82) is 0 Å². The molecule has 1 N–H and O–H groups in total. The van der Waals surface area contributed by atoms with Gasteiger partial charge in [-0.3, -0.25) is 0 Å². The first-order valence-corrected chi connectivity index (χ1v) is 7.83. The number of nitrogens with zero attached hydrogens (tertiary/aromatic N) is 1. The molecule has 1 aliphatic rings. The van der Waals surface area contributed by atoms with E-state index in [0.717, 1.165) is 18.3 Å². The lowest BCUT2D eigenvalue weighted by atomic mass is 10.0. The molecule has 1 atom stereocenters. The number of benzene rings is 1. The standard InChI is InChI=1S/C17H28N2O/c1-19(13-5-7-16-6-3-4-12-18-16)14-15-8-10-17(20-2)11-9-15/h8-11,16,18H,3-7,12-14H2,1-2H3. The fraction of sp³-hybridized carbons (Fsp3) is 0.647. The summed E-state index contributed by atoms with van der Waals surface area (Å²) in [5, 5.41) is 3.62. The summed E-state index contributed by atoms with van der Waals surface area (Å²) in [6.45, 7) is 3.40. The van der Waals surface area contributed by atoms with Gasteiger partial charge in [-0.05, 0) is 63.5 Å². The third kappa shape index (κ3) is 5.14. The summed E-state index contributed by atoms with van der Waals surface area (Å²) in [6, 6.07) is 9.14.